The van der Waals surface area contributed by atoms with E-state index in [0.717, 1.165) is 19.3 Å². The van der Waals surface area contributed by atoms with Crippen LogP contribution in [0.4, 0.5) is 0 Å². The minimum absolute atomic E-state index is 0.317. The van der Waals surface area contributed by atoms with E-state index >= 15 is 0 Å². The normalized spacial score (nSPS) is 10.3. The molecule has 0 rings (SSSR count). The van der Waals surface area contributed by atoms with E-state index in [1.54, 1.807) is 0 Å². The Hall–Kier alpha value is -0.370. The molecular formula is C12H21ClO2. The summed E-state index contributed by atoms with van der Waals surface area (Å²) in [5, 5.41) is -0.821. The number of hydrogen-bond donors (Lipinski definition) is 0. The molecule has 0 saturated heterocycles. The van der Waals surface area contributed by atoms with Crippen molar-refractivity contribution >= 4 is 22.6 Å². The van der Waals surface area contributed by atoms with Gasteiger partial charge >= 0.3 is 0 Å². The van der Waals surface area contributed by atoms with E-state index in [0.29, 0.717) is 6.42 Å². The molecule has 88 valence electrons. The third-order valence-electron chi connectivity index (χ3n) is 2.48. The fourth-order valence-corrected chi connectivity index (χ4v) is 1.61. The van der Waals surface area contributed by atoms with E-state index in [2.05, 4.69) is 6.92 Å². The van der Waals surface area contributed by atoms with Gasteiger partial charge in [0.05, 0.1) is 0 Å². The third-order valence-corrected chi connectivity index (χ3v) is 2.69. The summed E-state index contributed by atoms with van der Waals surface area (Å²) in [6.45, 7) is 2.20. The first kappa shape index (κ1) is 14.6. The van der Waals surface area contributed by atoms with Crippen LogP contribution >= 0.6 is 11.6 Å². The first-order valence-corrected chi connectivity index (χ1v) is 6.29. The highest BCUT2D eigenvalue weighted by Crippen LogP contribution is 2.09. The summed E-state index contributed by atoms with van der Waals surface area (Å²) >= 11 is 5.04. The van der Waals surface area contributed by atoms with Crippen LogP contribution in [0.1, 0.15) is 64.7 Å². The SMILES string of the molecule is CCCCCCCCCCC(=O)C(=O)Cl. The number of carbonyl (C=O) groups excluding carboxylic acids is 2. The Morgan fingerprint density at radius 3 is 1.80 bits per heavy atom. The van der Waals surface area contributed by atoms with Crippen LogP contribution < -0.4 is 0 Å². The van der Waals surface area contributed by atoms with Crippen LogP contribution in [0.2, 0.25) is 0 Å². The smallest absolute Gasteiger partial charge is 0.288 e. The summed E-state index contributed by atoms with van der Waals surface area (Å²) in [5.74, 6) is -0.442. The highest BCUT2D eigenvalue weighted by molar-refractivity contribution is 6.81. The predicted molar refractivity (Wildman–Crippen MR) is 63.1 cm³/mol. The lowest BCUT2D eigenvalue weighted by molar-refractivity contribution is -0.132. The van der Waals surface area contributed by atoms with Crippen molar-refractivity contribution in [3.63, 3.8) is 0 Å². The Kier molecular flexibility index (Phi) is 9.91. The van der Waals surface area contributed by atoms with Crippen LogP contribution in [-0.4, -0.2) is 11.0 Å². The highest BCUT2D eigenvalue weighted by atomic mass is 35.5. The fourth-order valence-electron chi connectivity index (χ4n) is 1.52. The van der Waals surface area contributed by atoms with Gasteiger partial charge < -0.3 is 0 Å². The molecule has 0 aliphatic heterocycles. The standard InChI is InChI=1S/C12H21ClO2/c1-2-3-4-5-6-7-8-9-10-11(14)12(13)15/h2-10H2,1H3. The Morgan fingerprint density at radius 1 is 0.867 bits per heavy atom. The summed E-state index contributed by atoms with van der Waals surface area (Å²) < 4.78 is 0. The molecule has 0 radical (unpaired) electrons. The molecule has 0 aromatic rings. The molecule has 0 saturated carbocycles. The topological polar surface area (TPSA) is 34.1 Å². The van der Waals surface area contributed by atoms with Crippen molar-refractivity contribution in [1.82, 2.24) is 0 Å². The van der Waals surface area contributed by atoms with Gasteiger partial charge in [0.15, 0.2) is 0 Å². The zero-order valence-corrected chi connectivity index (χ0v) is 10.3. The lowest BCUT2D eigenvalue weighted by Crippen LogP contribution is -2.05. The van der Waals surface area contributed by atoms with Crippen molar-refractivity contribution in [3.8, 4) is 0 Å². The first-order chi connectivity index (χ1) is 7.18. The minimum Gasteiger partial charge on any atom is -0.289 e. The second-order valence-corrected chi connectivity index (χ2v) is 4.27. The van der Waals surface area contributed by atoms with Gasteiger partial charge in [-0.15, -0.1) is 0 Å². The maximum atomic E-state index is 10.8. The largest absolute Gasteiger partial charge is 0.289 e. The molecule has 0 atom stereocenters. The summed E-state index contributed by atoms with van der Waals surface area (Å²) in [6.07, 6.45) is 9.73. The van der Waals surface area contributed by atoms with Crippen molar-refractivity contribution in [1.29, 1.82) is 0 Å². The number of rotatable bonds is 10. The molecule has 0 aromatic carbocycles. The van der Waals surface area contributed by atoms with E-state index in [1.807, 2.05) is 0 Å². The molecule has 3 heteroatoms. The summed E-state index contributed by atoms with van der Waals surface area (Å²) in [5.41, 5.74) is 0. The van der Waals surface area contributed by atoms with Gasteiger partial charge in [0.1, 0.15) is 0 Å². The number of unbranched alkanes of at least 4 members (excludes halogenated alkanes) is 7. The Morgan fingerprint density at radius 2 is 1.33 bits per heavy atom. The molecule has 0 N–H and O–H groups in total. The van der Waals surface area contributed by atoms with Crippen LogP contribution in [0.5, 0.6) is 0 Å². The highest BCUT2D eigenvalue weighted by Gasteiger charge is 2.08. The summed E-state index contributed by atoms with van der Waals surface area (Å²) in [4.78, 5) is 21.2. The molecule has 0 heterocycles. The van der Waals surface area contributed by atoms with E-state index < -0.39 is 11.0 Å². The van der Waals surface area contributed by atoms with Gasteiger partial charge in [0, 0.05) is 6.42 Å². The molecule has 0 unspecified atom stereocenters. The quantitative estimate of drug-likeness (QED) is 0.326. The van der Waals surface area contributed by atoms with Crippen LogP contribution in [0.3, 0.4) is 0 Å². The minimum atomic E-state index is -0.821. The van der Waals surface area contributed by atoms with Gasteiger partial charge in [-0.2, -0.15) is 0 Å². The molecule has 0 aliphatic rings. The monoisotopic (exact) mass is 232 g/mol. The zero-order chi connectivity index (χ0) is 11.5. The van der Waals surface area contributed by atoms with Gasteiger partial charge in [0.2, 0.25) is 5.78 Å². The maximum absolute atomic E-state index is 10.8. The second-order valence-electron chi connectivity index (χ2n) is 3.92. The van der Waals surface area contributed by atoms with Gasteiger partial charge in [-0.1, -0.05) is 51.9 Å². The Labute approximate surface area is 97.4 Å². The van der Waals surface area contributed by atoms with Gasteiger partial charge in [-0.25, -0.2) is 0 Å². The molecule has 2 nitrogen and oxygen atoms in total. The Bertz CT molecular complexity index is 190. The number of ketones is 1. The number of carbonyl (C=O) groups is 2. The van der Waals surface area contributed by atoms with Crippen molar-refractivity contribution in [3.05, 3.63) is 0 Å². The second kappa shape index (κ2) is 10.2. The Balaban J connectivity index is 3.11. The number of hydrogen-bond acceptors (Lipinski definition) is 2. The number of Topliss-reactive ketones (excluding diaryl/α,β-unsaturated/α-hetero) is 1. The summed E-state index contributed by atoms with van der Waals surface area (Å²) in [6, 6.07) is 0. The van der Waals surface area contributed by atoms with Crippen LogP contribution in [0, 0.1) is 0 Å². The van der Waals surface area contributed by atoms with E-state index in [1.165, 1.54) is 32.1 Å². The first-order valence-electron chi connectivity index (χ1n) is 5.91. The lowest BCUT2D eigenvalue weighted by Gasteiger charge is -2.00. The third kappa shape index (κ3) is 9.92. The van der Waals surface area contributed by atoms with Crippen molar-refractivity contribution in [2.45, 2.75) is 64.7 Å². The van der Waals surface area contributed by atoms with Crippen molar-refractivity contribution in [2.75, 3.05) is 0 Å². The van der Waals surface area contributed by atoms with Crippen molar-refractivity contribution < 1.29 is 9.59 Å². The molecule has 15 heavy (non-hydrogen) atoms. The van der Waals surface area contributed by atoms with Crippen molar-refractivity contribution in [2.24, 2.45) is 0 Å². The lowest BCUT2D eigenvalue weighted by atomic mass is 10.1. The van der Waals surface area contributed by atoms with Gasteiger partial charge in [-0.3, -0.25) is 9.59 Å². The molecule has 0 aliphatic carbocycles. The average molecular weight is 233 g/mol. The molecule has 0 spiro atoms. The van der Waals surface area contributed by atoms with E-state index in [9.17, 15) is 9.59 Å². The van der Waals surface area contributed by atoms with Gasteiger partial charge in [0.25, 0.3) is 5.24 Å². The van der Waals surface area contributed by atoms with E-state index in [-0.39, 0.29) is 0 Å². The predicted octanol–water partition coefficient (Wildman–Crippen LogP) is 3.85. The molecule has 0 bridgehead atoms. The maximum Gasteiger partial charge on any atom is 0.288 e. The van der Waals surface area contributed by atoms with E-state index in [4.69, 9.17) is 11.6 Å². The van der Waals surface area contributed by atoms with Crippen LogP contribution in [0.25, 0.3) is 0 Å². The molecule has 0 aromatic heterocycles. The molecule has 0 amide bonds. The summed E-state index contributed by atoms with van der Waals surface area (Å²) in [7, 11) is 0. The van der Waals surface area contributed by atoms with Crippen LogP contribution in [0.15, 0.2) is 0 Å². The molecule has 0 fully saturated rings. The molecular weight excluding hydrogens is 212 g/mol. The van der Waals surface area contributed by atoms with Crippen LogP contribution in [-0.2, 0) is 9.59 Å². The fraction of sp³-hybridized carbons (Fsp3) is 0.833. The average Bonchev–Trinajstić information content (AvgIpc) is 2.21. The zero-order valence-electron chi connectivity index (χ0n) is 9.56. The van der Waals surface area contributed by atoms with Gasteiger partial charge in [-0.05, 0) is 18.0 Å². The number of halogens is 1.